The molecule has 5 rings (SSSR count). The van der Waals surface area contributed by atoms with E-state index in [2.05, 4.69) is 15.3 Å². The van der Waals surface area contributed by atoms with Crippen LogP contribution in [0.15, 0.2) is 77.2 Å². The first-order valence-electron chi connectivity index (χ1n) is 9.41. The minimum absolute atomic E-state index is 0.102. The molecule has 1 N–H and O–H groups in total. The lowest BCUT2D eigenvalue weighted by molar-refractivity contribution is -0.116. The van der Waals surface area contributed by atoms with E-state index in [-0.39, 0.29) is 18.1 Å². The third kappa shape index (κ3) is 3.27. The number of pyridine rings is 2. The molecule has 8 heteroatoms. The van der Waals surface area contributed by atoms with Gasteiger partial charge in [0, 0.05) is 22.7 Å². The fourth-order valence-electron chi connectivity index (χ4n) is 3.55. The summed E-state index contributed by atoms with van der Waals surface area (Å²) >= 11 is 1.58. The van der Waals surface area contributed by atoms with Gasteiger partial charge in [0.05, 0.1) is 23.3 Å². The van der Waals surface area contributed by atoms with E-state index in [4.69, 9.17) is 0 Å². The first-order chi connectivity index (χ1) is 14.7. The second-order valence-corrected chi connectivity index (χ2v) is 7.84. The molecule has 0 unspecified atom stereocenters. The number of amides is 1. The zero-order chi connectivity index (χ0) is 20.5. The normalized spacial score (nSPS) is 11.2. The minimum Gasteiger partial charge on any atom is -0.324 e. The number of nitrogens with zero attached hydrogens (tertiary/aromatic N) is 4. The lowest BCUT2D eigenvalue weighted by atomic mass is 10.2. The average Bonchev–Trinajstić information content (AvgIpc) is 3.37. The van der Waals surface area contributed by atoms with Gasteiger partial charge in [-0.15, -0.1) is 11.3 Å². The van der Waals surface area contributed by atoms with E-state index >= 15 is 0 Å². The maximum Gasteiger partial charge on any atom is 0.331 e. The SMILES string of the molecule is O=C(Cn1c(=O)n(Cc2cccs2)c2ncccc21)Nc1cccc2ncccc12. The van der Waals surface area contributed by atoms with Gasteiger partial charge in [0.2, 0.25) is 5.91 Å². The average molecular weight is 415 g/mol. The number of anilines is 1. The van der Waals surface area contributed by atoms with E-state index in [0.29, 0.717) is 23.4 Å². The molecule has 4 heterocycles. The van der Waals surface area contributed by atoms with Crippen molar-refractivity contribution in [3.8, 4) is 0 Å². The van der Waals surface area contributed by atoms with Crippen LogP contribution in [0.1, 0.15) is 4.88 Å². The summed E-state index contributed by atoms with van der Waals surface area (Å²) in [4.78, 5) is 35.7. The molecule has 0 saturated heterocycles. The highest BCUT2D eigenvalue weighted by Gasteiger charge is 2.17. The Morgan fingerprint density at radius 2 is 1.83 bits per heavy atom. The topological polar surface area (TPSA) is 81.8 Å². The molecule has 0 aliphatic rings. The monoisotopic (exact) mass is 415 g/mol. The fourth-order valence-corrected chi connectivity index (χ4v) is 4.24. The van der Waals surface area contributed by atoms with Crippen molar-refractivity contribution in [3.63, 3.8) is 0 Å². The number of imidazole rings is 1. The molecule has 1 amide bonds. The largest absolute Gasteiger partial charge is 0.331 e. The summed E-state index contributed by atoms with van der Waals surface area (Å²) in [7, 11) is 0. The summed E-state index contributed by atoms with van der Waals surface area (Å²) in [6, 6.07) is 16.8. The van der Waals surface area contributed by atoms with Gasteiger partial charge in [0.25, 0.3) is 0 Å². The van der Waals surface area contributed by atoms with Crippen LogP contribution >= 0.6 is 11.3 Å². The van der Waals surface area contributed by atoms with Crippen molar-refractivity contribution in [1.82, 2.24) is 19.1 Å². The molecule has 1 aromatic carbocycles. The van der Waals surface area contributed by atoms with Crippen LogP contribution in [-0.2, 0) is 17.9 Å². The number of hydrogen-bond donors (Lipinski definition) is 1. The van der Waals surface area contributed by atoms with Crippen molar-refractivity contribution in [2.75, 3.05) is 5.32 Å². The standard InChI is InChI=1S/C22H17N5O2S/c28-20(25-18-8-1-7-17-16(18)6-2-10-23-17)14-26-19-9-3-11-24-21(19)27(22(26)29)13-15-5-4-12-30-15/h1-12H,13-14H2,(H,25,28). The number of rotatable bonds is 5. The highest BCUT2D eigenvalue weighted by Crippen LogP contribution is 2.21. The summed E-state index contributed by atoms with van der Waals surface area (Å²) in [5.74, 6) is -0.285. The Kier molecular flexibility index (Phi) is 4.61. The molecular weight excluding hydrogens is 398 g/mol. The molecule has 148 valence electrons. The molecule has 0 radical (unpaired) electrons. The number of carbonyl (C=O) groups is 1. The molecule has 0 aliphatic carbocycles. The van der Waals surface area contributed by atoms with E-state index in [1.54, 1.807) is 34.4 Å². The van der Waals surface area contributed by atoms with Crippen molar-refractivity contribution < 1.29 is 4.79 Å². The lowest BCUT2D eigenvalue weighted by Crippen LogP contribution is -2.29. The first kappa shape index (κ1) is 18.3. The smallest absolute Gasteiger partial charge is 0.324 e. The molecule has 0 aliphatic heterocycles. The van der Waals surface area contributed by atoms with Crippen LogP contribution in [0.4, 0.5) is 5.69 Å². The summed E-state index contributed by atoms with van der Waals surface area (Å²) in [5.41, 5.74) is 2.40. The number of carbonyl (C=O) groups excluding carboxylic acids is 1. The van der Waals surface area contributed by atoms with Crippen LogP contribution in [0.25, 0.3) is 22.1 Å². The number of fused-ring (bicyclic) bond motifs is 2. The summed E-state index contributed by atoms with van der Waals surface area (Å²) in [6.45, 7) is 0.322. The zero-order valence-corrected chi connectivity index (χ0v) is 16.7. The molecule has 0 atom stereocenters. The molecule has 0 fully saturated rings. The molecule has 0 bridgehead atoms. The molecule has 5 aromatic rings. The maximum atomic E-state index is 13.1. The summed E-state index contributed by atoms with van der Waals surface area (Å²) < 4.78 is 3.07. The number of aromatic nitrogens is 4. The third-order valence-electron chi connectivity index (χ3n) is 4.89. The van der Waals surface area contributed by atoms with Crippen LogP contribution in [0.3, 0.4) is 0 Å². The Hall–Kier alpha value is -3.78. The number of nitrogens with one attached hydrogen (secondary N) is 1. The molecule has 0 saturated carbocycles. The predicted molar refractivity (Wildman–Crippen MR) is 118 cm³/mol. The maximum absolute atomic E-state index is 13.1. The van der Waals surface area contributed by atoms with E-state index in [1.807, 2.05) is 53.9 Å². The van der Waals surface area contributed by atoms with Gasteiger partial charge in [-0.1, -0.05) is 12.1 Å². The van der Waals surface area contributed by atoms with Gasteiger partial charge < -0.3 is 5.32 Å². The molecule has 30 heavy (non-hydrogen) atoms. The van der Waals surface area contributed by atoms with Gasteiger partial charge in [-0.05, 0) is 47.8 Å². The van der Waals surface area contributed by atoms with Crippen LogP contribution in [-0.4, -0.2) is 25.0 Å². The third-order valence-corrected chi connectivity index (χ3v) is 5.75. The predicted octanol–water partition coefficient (Wildman–Crippen LogP) is 3.49. The van der Waals surface area contributed by atoms with Gasteiger partial charge in [-0.2, -0.15) is 0 Å². The van der Waals surface area contributed by atoms with Crippen molar-refractivity contribution in [3.05, 3.63) is 87.7 Å². The van der Waals surface area contributed by atoms with E-state index < -0.39 is 0 Å². The van der Waals surface area contributed by atoms with Gasteiger partial charge in [-0.25, -0.2) is 9.78 Å². The van der Waals surface area contributed by atoms with Gasteiger partial charge in [0.15, 0.2) is 5.65 Å². The first-order valence-corrected chi connectivity index (χ1v) is 10.3. The Balaban J connectivity index is 1.48. The van der Waals surface area contributed by atoms with E-state index in [9.17, 15) is 9.59 Å². The minimum atomic E-state index is -0.285. The van der Waals surface area contributed by atoms with Crippen molar-refractivity contribution in [1.29, 1.82) is 0 Å². The highest BCUT2D eigenvalue weighted by molar-refractivity contribution is 7.09. The highest BCUT2D eigenvalue weighted by atomic mass is 32.1. The molecule has 0 spiro atoms. The van der Waals surface area contributed by atoms with Crippen LogP contribution in [0, 0.1) is 0 Å². The Labute approximate surface area is 175 Å². The van der Waals surface area contributed by atoms with E-state index in [1.165, 1.54) is 4.57 Å². The van der Waals surface area contributed by atoms with Crippen LogP contribution in [0.5, 0.6) is 0 Å². The van der Waals surface area contributed by atoms with E-state index in [0.717, 1.165) is 15.8 Å². The second-order valence-electron chi connectivity index (χ2n) is 6.80. The second kappa shape index (κ2) is 7.57. The van der Waals surface area contributed by atoms with Crippen molar-refractivity contribution in [2.45, 2.75) is 13.1 Å². The van der Waals surface area contributed by atoms with Crippen molar-refractivity contribution >= 4 is 45.0 Å². The number of benzene rings is 1. The molecule has 4 aromatic heterocycles. The van der Waals surface area contributed by atoms with Crippen molar-refractivity contribution in [2.24, 2.45) is 0 Å². The zero-order valence-electron chi connectivity index (χ0n) is 15.9. The Bertz CT molecular complexity index is 1410. The van der Waals surface area contributed by atoms with Gasteiger partial charge in [-0.3, -0.25) is 18.9 Å². The lowest BCUT2D eigenvalue weighted by Gasteiger charge is -2.09. The summed E-state index contributed by atoms with van der Waals surface area (Å²) in [5, 5.41) is 5.74. The summed E-state index contributed by atoms with van der Waals surface area (Å²) in [6.07, 6.45) is 3.36. The molecular formula is C22H17N5O2S. The number of hydrogen-bond acceptors (Lipinski definition) is 5. The Morgan fingerprint density at radius 3 is 2.70 bits per heavy atom. The number of thiophene rings is 1. The van der Waals surface area contributed by atoms with Crippen LogP contribution in [0.2, 0.25) is 0 Å². The van der Waals surface area contributed by atoms with Crippen LogP contribution < -0.4 is 11.0 Å². The van der Waals surface area contributed by atoms with Gasteiger partial charge >= 0.3 is 5.69 Å². The Morgan fingerprint density at radius 1 is 0.967 bits per heavy atom. The quantitative estimate of drug-likeness (QED) is 0.476. The fraction of sp³-hybridized carbons (Fsp3) is 0.0909. The molecule has 7 nitrogen and oxygen atoms in total. The van der Waals surface area contributed by atoms with Gasteiger partial charge in [0.1, 0.15) is 6.54 Å².